The fourth-order valence-electron chi connectivity index (χ4n) is 3.63. The third-order valence-electron chi connectivity index (χ3n) is 5.20. The Bertz CT molecular complexity index is 1160. The van der Waals surface area contributed by atoms with E-state index < -0.39 is 27.7 Å². The minimum atomic E-state index is -3.20. The fraction of sp³-hybridized carbons (Fsp3) is 0.300. The van der Waals surface area contributed by atoms with Crippen molar-refractivity contribution in [3.8, 4) is 5.69 Å². The number of benzene rings is 1. The van der Waals surface area contributed by atoms with Crippen molar-refractivity contribution >= 4 is 33.3 Å². The Morgan fingerprint density at radius 1 is 1.00 bits per heavy atom. The number of sulfone groups is 1. The molecule has 2 aliphatic heterocycles. The number of nitrogens with zero attached hydrogens (tertiary/aromatic N) is 3. The van der Waals surface area contributed by atoms with Crippen LogP contribution in [0.1, 0.15) is 29.6 Å². The van der Waals surface area contributed by atoms with E-state index in [0.717, 1.165) is 5.01 Å². The van der Waals surface area contributed by atoms with Crippen LogP contribution in [0.2, 0.25) is 0 Å². The maximum atomic E-state index is 12.6. The Morgan fingerprint density at radius 3 is 2.42 bits per heavy atom. The number of amides is 3. The molecule has 2 aliphatic rings. The lowest BCUT2D eigenvalue weighted by atomic mass is 10.1. The van der Waals surface area contributed by atoms with Gasteiger partial charge in [-0.3, -0.25) is 25.2 Å². The lowest BCUT2D eigenvalue weighted by Gasteiger charge is -2.27. The van der Waals surface area contributed by atoms with Crippen LogP contribution in [0.15, 0.2) is 53.9 Å². The van der Waals surface area contributed by atoms with Crippen molar-refractivity contribution in [2.45, 2.75) is 25.3 Å². The number of para-hydroxylation sites is 1. The van der Waals surface area contributed by atoms with Crippen molar-refractivity contribution < 1.29 is 22.8 Å². The van der Waals surface area contributed by atoms with Crippen LogP contribution >= 0.6 is 0 Å². The predicted octanol–water partition coefficient (Wildman–Crippen LogP) is 0.404. The summed E-state index contributed by atoms with van der Waals surface area (Å²) in [4.78, 5) is 37.3. The maximum absolute atomic E-state index is 12.6. The SMILES string of the molecule is O=C(NNC(=O)c1ccccc1-n1cccc1)C1=NN(C2CCS(=O)(=O)C2)C(=O)CC1. The first-order valence-electron chi connectivity index (χ1n) is 9.77. The van der Waals surface area contributed by atoms with Gasteiger partial charge < -0.3 is 4.57 Å². The molecule has 10 nitrogen and oxygen atoms in total. The highest BCUT2D eigenvalue weighted by Crippen LogP contribution is 2.22. The minimum absolute atomic E-state index is 0.00461. The second-order valence-electron chi connectivity index (χ2n) is 7.36. The molecule has 0 bridgehead atoms. The minimum Gasteiger partial charge on any atom is -0.323 e. The van der Waals surface area contributed by atoms with Crippen LogP contribution in [0.5, 0.6) is 0 Å². The monoisotopic (exact) mass is 443 g/mol. The number of carbonyl (C=O) groups is 3. The highest BCUT2D eigenvalue weighted by atomic mass is 32.2. The number of hydrazine groups is 1. The molecule has 1 unspecified atom stereocenters. The lowest BCUT2D eigenvalue weighted by Crippen LogP contribution is -2.48. The van der Waals surface area contributed by atoms with Crippen molar-refractivity contribution in [3.63, 3.8) is 0 Å². The summed E-state index contributed by atoms with van der Waals surface area (Å²) >= 11 is 0. The molecule has 1 atom stereocenters. The van der Waals surface area contributed by atoms with Crippen molar-refractivity contribution in [2.24, 2.45) is 5.10 Å². The van der Waals surface area contributed by atoms with Gasteiger partial charge in [0, 0.05) is 25.2 Å². The van der Waals surface area contributed by atoms with Gasteiger partial charge in [0.25, 0.3) is 11.8 Å². The summed E-state index contributed by atoms with van der Waals surface area (Å²) in [7, 11) is -3.20. The molecule has 2 aromatic rings. The van der Waals surface area contributed by atoms with E-state index in [9.17, 15) is 22.8 Å². The summed E-state index contributed by atoms with van der Waals surface area (Å²) < 4.78 is 25.2. The van der Waals surface area contributed by atoms with E-state index in [4.69, 9.17) is 0 Å². The summed E-state index contributed by atoms with van der Waals surface area (Å²) in [5.74, 6) is -1.64. The summed E-state index contributed by atoms with van der Waals surface area (Å²) in [6.07, 6.45) is 4.05. The normalized spacial score (nSPS) is 20.3. The van der Waals surface area contributed by atoms with Crippen molar-refractivity contribution in [2.75, 3.05) is 11.5 Å². The summed E-state index contributed by atoms with van der Waals surface area (Å²) in [5, 5.41) is 5.19. The highest BCUT2D eigenvalue weighted by molar-refractivity contribution is 7.91. The predicted molar refractivity (Wildman–Crippen MR) is 112 cm³/mol. The Hall–Kier alpha value is -3.47. The first-order chi connectivity index (χ1) is 14.8. The third-order valence-corrected chi connectivity index (χ3v) is 6.95. The van der Waals surface area contributed by atoms with E-state index in [0.29, 0.717) is 17.7 Å². The molecule has 0 aliphatic carbocycles. The first-order valence-corrected chi connectivity index (χ1v) is 11.6. The van der Waals surface area contributed by atoms with Crippen LogP contribution in [0, 0.1) is 0 Å². The van der Waals surface area contributed by atoms with Gasteiger partial charge >= 0.3 is 0 Å². The van der Waals surface area contributed by atoms with E-state index in [1.165, 1.54) is 0 Å². The van der Waals surface area contributed by atoms with Gasteiger partial charge in [0.15, 0.2) is 9.84 Å². The van der Waals surface area contributed by atoms with E-state index in [1.54, 1.807) is 41.2 Å². The zero-order valence-electron chi connectivity index (χ0n) is 16.5. The van der Waals surface area contributed by atoms with Gasteiger partial charge in [-0.25, -0.2) is 13.4 Å². The lowest BCUT2D eigenvalue weighted by molar-refractivity contribution is -0.133. The van der Waals surface area contributed by atoms with E-state index in [1.807, 2.05) is 12.1 Å². The standard InChI is InChI=1S/C20H21N5O5S/c26-18-8-7-16(23-25(18)14-9-12-31(29,30)13-14)20(28)22-21-19(27)15-5-1-2-6-17(15)24-10-3-4-11-24/h1-6,10-11,14H,7-9,12-13H2,(H,21,27)(H,22,28). The molecule has 31 heavy (non-hydrogen) atoms. The zero-order valence-corrected chi connectivity index (χ0v) is 17.3. The fourth-order valence-corrected chi connectivity index (χ4v) is 5.32. The molecule has 162 valence electrons. The smallest absolute Gasteiger partial charge is 0.285 e. The quantitative estimate of drug-likeness (QED) is 0.661. The molecule has 1 aromatic carbocycles. The van der Waals surface area contributed by atoms with Crippen molar-refractivity contribution in [3.05, 3.63) is 54.4 Å². The highest BCUT2D eigenvalue weighted by Gasteiger charge is 2.37. The van der Waals surface area contributed by atoms with Crippen molar-refractivity contribution in [1.29, 1.82) is 0 Å². The first kappa shape index (κ1) is 20.8. The van der Waals surface area contributed by atoms with Crippen LogP contribution in [0.3, 0.4) is 0 Å². The number of rotatable bonds is 4. The number of hydrazone groups is 1. The van der Waals surface area contributed by atoms with Crippen LogP contribution in [0.25, 0.3) is 5.69 Å². The molecule has 0 spiro atoms. The Balaban J connectivity index is 1.44. The zero-order chi connectivity index (χ0) is 22.0. The molecule has 2 N–H and O–H groups in total. The topological polar surface area (TPSA) is 130 Å². The molecule has 11 heteroatoms. The molecule has 1 fully saturated rings. The second kappa shape index (κ2) is 8.34. The van der Waals surface area contributed by atoms with Gasteiger partial charge in [-0.1, -0.05) is 12.1 Å². The number of carbonyl (C=O) groups excluding carboxylic acids is 3. The third kappa shape index (κ3) is 4.50. The Labute approximate surface area is 178 Å². The number of hydrogen-bond acceptors (Lipinski definition) is 6. The molecule has 1 saturated heterocycles. The Kier molecular flexibility index (Phi) is 5.59. The van der Waals surface area contributed by atoms with Crippen LogP contribution in [-0.4, -0.2) is 59.0 Å². The van der Waals surface area contributed by atoms with E-state index >= 15 is 0 Å². The maximum Gasteiger partial charge on any atom is 0.285 e. The number of nitrogens with one attached hydrogen (secondary N) is 2. The van der Waals surface area contributed by atoms with E-state index in [-0.39, 0.29) is 36.0 Å². The second-order valence-corrected chi connectivity index (χ2v) is 9.59. The average molecular weight is 443 g/mol. The Morgan fingerprint density at radius 2 is 1.71 bits per heavy atom. The van der Waals surface area contributed by atoms with Gasteiger partial charge in [0.05, 0.1) is 28.8 Å². The molecule has 0 radical (unpaired) electrons. The summed E-state index contributed by atoms with van der Waals surface area (Å²) in [6.45, 7) is 0. The van der Waals surface area contributed by atoms with E-state index in [2.05, 4.69) is 16.0 Å². The van der Waals surface area contributed by atoms with Gasteiger partial charge in [0.1, 0.15) is 5.71 Å². The van der Waals surface area contributed by atoms with Gasteiger partial charge in [0.2, 0.25) is 5.91 Å². The average Bonchev–Trinajstić information content (AvgIpc) is 3.41. The molecule has 4 rings (SSSR count). The molecule has 3 heterocycles. The van der Waals surface area contributed by atoms with Crippen LogP contribution in [0.4, 0.5) is 0 Å². The molecule has 0 saturated carbocycles. The van der Waals surface area contributed by atoms with Gasteiger partial charge in [-0.2, -0.15) is 5.10 Å². The summed E-state index contributed by atoms with van der Waals surface area (Å²) in [6, 6.07) is 10.0. The number of hydrogen-bond donors (Lipinski definition) is 2. The molecular formula is C20H21N5O5S. The van der Waals surface area contributed by atoms with Crippen LogP contribution in [-0.2, 0) is 19.4 Å². The van der Waals surface area contributed by atoms with Crippen LogP contribution < -0.4 is 10.9 Å². The molecular weight excluding hydrogens is 422 g/mol. The number of aromatic nitrogens is 1. The molecule has 1 aromatic heterocycles. The van der Waals surface area contributed by atoms with Gasteiger partial charge in [-0.05, 0) is 30.7 Å². The van der Waals surface area contributed by atoms with Gasteiger partial charge in [-0.15, -0.1) is 0 Å². The van der Waals surface area contributed by atoms with Crippen molar-refractivity contribution in [1.82, 2.24) is 20.4 Å². The summed E-state index contributed by atoms with van der Waals surface area (Å²) in [5.41, 5.74) is 5.77. The molecule has 3 amide bonds. The largest absolute Gasteiger partial charge is 0.323 e.